The molecule has 4 nitrogen and oxygen atoms in total. The van der Waals surface area contributed by atoms with Crippen LogP contribution in [0.2, 0.25) is 0 Å². The van der Waals surface area contributed by atoms with Crippen molar-refractivity contribution in [3.63, 3.8) is 0 Å². The summed E-state index contributed by atoms with van der Waals surface area (Å²) >= 11 is 0. The lowest BCUT2D eigenvalue weighted by atomic mass is 9.57. The number of aliphatic hydroxyl groups is 2. The van der Waals surface area contributed by atoms with Crippen molar-refractivity contribution in [3.05, 3.63) is 128 Å². The fourth-order valence-corrected chi connectivity index (χ4v) is 10.6. The Bertz CT molecular complexity index is 1600. The molecule has 0 aromatic heterocycles. The average molecular weight is 717 g/mol. The zero-order valence-electron chi connectivity index (χ0n) is 33.7. The molecule has 0 radical (unpaired) electrons. The Labute approximate surface area is 320 Å². The van der Waals surface area contributed by atoms with Crippen molar-refractivity contribution in [3.8, 4) is 11.5 Å². The third-order valence-electron chi connectivity index (χ3n) is 13.9. The quantitative estimate of drug-likeness (QED) is 0.153. The summed E-state index contributed by atoms with van der Waals surface area (Å²) in [5, 5.41) is 19.8. The second-order valence-electron chi connectivity index (χ2n) is 17.1. The highest BCUT2D eigenvalue weighted by atomic mass is 16.5. The van der Waals surface area contributed by atoms with E-state index in [-0.39, 0.29) is 13.2 Å². The lowest BCUT2D eigenvalue weighted by Crippen LogP contribution is -2.38. The Morgan fingerprint density at radius 3 is 1.11 bits per heavy atom. The maximum atomic E-state index is 9.89. The molecule has 2 aliphatic carbocycles. The summed E-state index contributed by atoms with van der Waals surface area (Å²) in [4.78, 5) is 0. The predicted molar refractivity (Wildman–Crippen MR) is 218 cm³/mol. The number of hydrogen-bond donors (Lipinski definition) is 2. The number of benzene rings is 4. The summed E-state index contributed by atoms with van der Waals surface area (Å²) < 4.78 is 11.3. The lowest BCUT2D eigenvalue weighted by Gasteiger charge is -2.48. The first-order chi connectivity index (χ1) is 25.5. The fraction of sp³-hybridized carbons (Fsp3) is 0.510. The van der Waals surface area contributed by atoms with Gasteiger partial charge in [-0.05, 0) is 176 Å². The first kappa shape index (κ1) is 39.1. The van der Waals surface area contributed by atoms with Gasteiger partial charge < -0.3 is 19.7 Å². The van der Waals surface area contributed by atoms with Crippen LogP contribution < -0.4 is 9.47 Å². The van der Waals surface area contributed by atoms with E-state index in [1.54, 1.807) is 14.2 Å². The van der Waals surface area contributed by atoms with Gasteiger partial charge >= 0.3 is 0 Å². The van der Waals surface area contributed by atoms with E-state index >= 15 is 0 Å². The van der Waals surface area contributed by atoms with E-state index in [4.69, 9.17) is 9.47 Å². The minimum atomic E-state index is 0.0755. The lowest BCUT2D eigenvalue weighted by molar-refractivity contribution is 0.0356. The molecule has 0 saturated heterocycles. The second kappa shape index (κ2) is 16.8. The van der Waals surface area contributed by atoms with Crippen LogP contribution in [0.4, 0.5) is 0 Å². The van der Waals surface area contributed by atoms with E-state index in [0.29, 0.717) is 29.1 Å². The Kier molecular flexibility index (Phi) is 12.4. The third-order valence-corrected chi connectivity index (χ3v) is 13.9. The first-order valence-corrected chi connectivity index (χ1v) is 20.2. The third kappa shape index (κ3) is 8.25. The van der Waals surface area contributed by atoms with Crippen LogP contribution in [-0.4, -0.2) is 24.4 Å². The SMILES string of the molecule is COc1ccc(C(c2ccc(OC)c(C)c2)C2CCC(C(C)(C)C3CCC(C(c4ccc(CO)c(C)c4)c4ccc(CO)c(C)c4)CC3)CC2)cc1C. The van der Waals surface area contributed by atoms with Crippen LogP contribution in [0.3, 0.4) is 0 Å². The molecule has 2 aliphatic rings. The van der Waals surface area contributed by atoms with Gasteiger partial charge in [-0.25, -0.2) is 0 Å². The minimum absolute atomic E-state index is 0.0755. The molecule has 0 unspecified atom stereocenters. The zero-order valence-corrected chi connectivity index (χ0v) is 33.7. The fourth-order valence-electron chi connectivity index (χ4n) is 10.6. The Morgan fingerprint density at radius 2 is 0.830 bits per heavy atom. The summed E-state index contributed by atoms with van der Waals surface area (Å²) in [7, 11) is 3.52. The molecule has 4 aromatic carbocycles. The van der Waals surface area contributed by atoms with Gasteiger partial charge in [0.15, 0.2) is 0 Å². The van der Waals surface area contributed by atoms with Crippen LogP contribution in [0.1, 0.15) is 133 Å². The molecule has 284 valence electrons. The summed E-state index contributed by atoms with van der Waals surface area (Å²) in [6, 6.07) is 27.0. The molecule has 2 N–H and O–H groups in total. The minimum Gasteiger partial charge on any atom is -0.496 e. The Balaban J connectivity index is 1.18. The zero-order chi connectivity index (χ0) is 37.9. The molecule has 6 rings (SSSR count). The van der Waals surface area contributed by atoms with Gasteiger partial charge in [0.25, 0.3) is 0 Å². The topological polar surface area (TPSA) is 58.9 Å². The summed E-state index contributed by atoms with van der Waals surface area (Å²) in [5.74, 6) is 5.19. The molecule has 2 saturated carbocycles. The van der Waals surface area contributed by atoms with Crippen molar-refractivity contribution in [1.82, 2.24) is 0 Å². The molecule has 0 aliphatic heterocycles. The Hall–Kier alpha value is -3.60. The molecule has 0 spiro atoms. The van der Waals surface area contributed by atoms with Crippen molar-refractivity contribution in [2.45, 2.75) is 118 Å². The van der Waals surface area contributed by atoms with Gasteiger partial charge in [0.2, 0.25) is 0 Å². The molecule has 0 atom stereocenters. The molecule has 0 amide bonds. The van der Waals surface area contributed by atoms with E-state index in [2.05, 4.69) is 114 Å². The molecular formula is C49H64O4. The number of aryl methyl sites for hydroxylation is 4. The van der Waals surface area contributed by atoms with Crippen LogP contribution in [0.5, 0.6) is 11.5 Å². The van der Waals surface area contributed by atoms with E-state index in [1.165, 1.54) is 84.7 Å². The van der Waals surface area contributed by atoms with E-state index in [0.717, 1.165) is 45.6 Å². The van der Waals surface area contributed by atoms with Gasteiger partial charge in [-0.1, -0.05) is 74.5 Å². The van der Waals surface area contributed by atoms with E-state index in [1.807, 2.05) is 0 Å². The van der Waals surface area contributed by atoms with Gasteiger partial charge in [-0.3, -0.25) is 0 Å². The smallest absolute Gasteiger partial charge is 0.121 e. The number of rotatable bonds is 12. The molecule has 53 heavy (non-hydrogen) atoms. The van der Waals surface area contributed by atoms with Crippen LogP contribution in [0, 0.1) is 56.8 Å². The summed E-state index contributed by atoms with van der Waals surface area (Å²) in [6.07, 6.45) is 10.1. The van der Waals surface area contributed by atoms with Crippen molar-refractivity contribution in [2.75, 3.05) is 14.2 Å². The van der Waals surface area contributed by atoms with E-state index < -0.39 is 0 Å². The average Bonchev–Trinajstić information content (AvgIpc) is 3.16. The van der Waals surface area contributed by atoms with Gasteiger partial charge in [0.1, 0.15) is 11.5 Å². The highest BCUT2D eigenvalue weighted by Crippen LogP contribution is 2.54. The second-order valence-corrected chi connectivity index (χ2v) is 17.1. The van der Waals surface area contributed by atoms with Crippen molar-refractivity contribution in [1.29, 1.82) is 0 Å². The molecule has 4 aromatic rings. The number of hydrogen-bond acceptors (Lipinski definition) is 4. The number of ether oxygens (including phenoxy) is 2. The van der Waals surface area contributed by atoms with E-state index in [9.17, 15) is 10.2 Å². The van der Waals surface area contributed by atoms with Gasteiger partial charge in [-0.2, -0.15) is 0 Å². The maximum absolute atomic E-state index is 9.89. The highest BCUT2D eigenvalue weighted by molar-refractivity contribution is 5.45. The van der Waals surface area contributed by atoms with Gasteiger partial charge in [0.05, 0.1) is 27.4 Å². The number of aliphatic hydroxyl groups excluding tert-OH is 2. The standard InChI is InChI=1S/C49H64O4/c1-31-25-37(9-11-41(31)29-50)47(38-10-12-42(30-51)32(2)26-38)35-13-19-43(20-14-35)49(5,6)44-21-15-36(16-22-44)48(39-17-23-45(52-7)33(3)27-39)40-18-24-46(53-8)34(4)28-40/h9-12,17-18,23-28,35-36,43-44,47-48,50-51H,13-16,19-22,29-30H2,1-8H3. The van der Waals surface area contributed by atoms with Crippen molar-refractivity contribution < 1.29 is 19.7 Å². The van der Waals surface area contributed by atoms with Crippen molar-refractivity contribution >= 4 is 0 Å². The summed E-state index contributed by atoms with van der Waals surface area (Å²) in [5.41, 5.74) is 12.5. The molecule has 0 bridgehead atoms. The van der Waals surface area contributed by atoms with Crippen molar-refractivity contribution in [2.24, 2.45) is 29.1 Å². The van der Waals surface area contributed by atoms with Crippen LogP contribution >= 0.6 is 0 Å². The highest BCUT2D eigenvalue weighted by Gasteiger charge is 2.43. The predicted octanol–water partition coefficient (Wildman–Crippen LogP) is 11.5. The maximum Gasteiger partial charge on any atom is 0.121 e. The molecular weight excluding hydrogens is 653 g/mol. The molecule has 0 heterocycles. The molecule has 4 heteroatoms. The first-order valence-electron chi connectivity index (χ1n) is 20.2. The van der Waals surface area contributed by atoms with Gasteiger partial charge in [-0.15, -0.1) is 0 Å². The summed E-state index contributed by atoms with van der Waals surface area (Å²) in [6.45, 7) is 13.9. The monoisotopic (exact) mass is 716 g/mol. The number of methoxy groups -OCH3 is 2. The largest absolute Gasteiger partial charge is 0.496 e. The van der Waals surface area contributed by atoms with Crippen LogP contribution in [0.15, 0.2) is 72.8 Å². The van der Waals surface area contributed by atoms with Crippen LogP contribution in [-0.2, 0) is 13.2 Å². The molecule has 2 fully saturated rings. The Morgan fingerprint density at radius 1 is 0.509 bits per heavy atom. The normalized spacial score (nSPS) is 20.9. The van der Waals surface area contributed by atoms with Gasteiger partial charge in [0, 0.05) is 11.8 Å². The van der Waals surface area contributed by atoms with Crippen LogP contribution in [0.25, 0.3) is 0 Å².